The van der Waals surface area contributed by atoms with Crippen molar-refractivity contribution in [2.75, 3.05) is 0 Å². The highest BCUT2D eigenvalue weighted by Gasteiger charge is 2.07. The first-order valence-electron chi connectivity index (χ1n) is 8.45. The number of rotatable bonds is 6. The topological polar surface area (TPSA) is 74.5 Å². The number of amides is 1. The first kappa shape index (κ1) is 19.3. The molecule has 3 aromatic carbocycles. The van der Waals surface area contributed by atoms with Crippen molar-refractivity contribution < 1.29 is 9.53 Å². The molecule has 0 unspecified atom stereocenters. The summed E-state index contributed by atoms with van der Waals surface area (Å²) in [5.41, 5.74) is 5.32. The van der Waals surface area contributed by atoms with Crippen LogP contribution in [0.25, 0.3) is 0 Å². The van der Waals surface area contributed by atoms with E-state index in [1.165, 1.54) is 0 Å². The Kier molecular flexibility index (Phi) is 6.55. The quantitative estimate of drug-likeness (QED) is 0.453. The fourth-order valence-electron chi connectivity index (χ4n) is 2.45. The van der Waals surface area contributed by atoms with Gasteiger partial charge in [-0.15, -0.1) is 0 Å². The van der Waals surface area contributed by atoms with E-state index in [1.807, 2.05) is 42.5 Å². The molecule has 0 saturated carbocycles. The Bertz CT molecular complexity index is 1060. The maximum atomic E-state index is 12.1. The normalized spacial score (nSPS) is 10.4. The number of carbonyl (C=O) groups is 1. The lowest BCUT2D eigenvalue weighted by atomic mass is 10.1. The number of nitrogens with zero attached hydrogens (tertiary/aromatic N) is 2. The fourth-order valence-corrected chi connectivity index (χ4v) is 2.92. The van der Waals surface area contributed by atoms with Gasteiger partial charge in [0.15, 0.2) is 0 Å². The zero-order valence-corrected chi connectivity index (χ0v) is 16.4. The van der Waals surface area contributed by atoms with Gasteiger partial charge in [-0.1, -0.05) is 36.4 Å². The highest BCUT2D eigenvalue weighted by Crippen LogP contribution is 2.16. The Balaban J connectivity index is 1.60. The minimum Gasteiger partial charge on any atom is -0.489 e. The Morgan fingerprint density at radius 2 is 1.93 bits per heavy atom. The molecule has 0 atom stereocenters. The molecule has 0 aliphatic carbocycles. The van der Waals surface area contributed by atoms with Gasteiger partial charge in [-0.05, 0) is 63.5 Å². The molecule has 0 fully saturated rings. The molecule has 0 bridgehead atoms. The van der Waals surface area contributed by atoms with Gasteiger partial charge in [0.2, 0.25) is 0 Å². The second-order valence-corrected chi connectivity index (χ2v) is 6.71. The summed E-state index contributed by atoms with van der Waals surface area (Å²) in [6.45, 7) is 0.356. The molecule has 28 heavy (non-hydrogen) atoms. The molecule has 0 aliphatic rings. The monoisotopic (exact) mass is 433 g/mol. The van der Waals surface area contributed by atoms with Gasteiger partial charge >= 0.3 is 0 Å². The zero-order chi connectivity index (χ0) is 19.8. The van der Waals surface area contributed by atoms with E-state index in [2.05, 4.69) is 32.5 Å². The Hall–Kier alpha value is -3.43. The highest BCUT2D eigenvalue weighted by atomic mass is 79.9. The summed E-state index contributed by atoms with van der Waals surface area (Å²) in [7, 11) is 0. The van der Waals surface area contributed by atoms with E-state index < -0.39 is 0 Å². The van der Waals surface area contributed by atoms with Crippen molar-refractivity contribution in [3.63, 3.8) is 0 Å². The van der Waals surface area contributed by atoms with E-state index in [9.17, 15) is 4.79 Å². The van der Waals surface area contributed by atoms with Crippen LogP contribution in [0.15, 0.2) is 82.4 Å². The van der Waals surface area contributed by atoms with Crippen molar-refractivity contribution >= 4 is 28.1 Å². The average Bonchev–Trinajstić information content (AvgIpc) is 2.73. The van der Waals surface area contributed by atoms with Gasteiger partial charge in [0.25, 0.3) is 5.91 Å². The van der Waals surface area contributed by atoms with E-state index in [1.54, 1.807) is 36.5 Å². The summed E-state index contributed by atoms with van der Waals surface area (Å²) in [6.07, 6.45) is 1.55. The zero-order valence-electron chi connectivity index (χ0n) is 14.8. The number of ether oxygens (including phenoxy) is 1. The third-order valence-electron chi connectivity index (χ3n) is 3.82. The standard InChI is InChI=1S/C22H16BrN3O2/c23-21-10-2-1-9-20(21)22(27)26-25-14-17-6-4-8-19(12-17)28-15-18-7-3-5-16(11-18)13-24/h1-12,14H,15H2,(H,26,27)/b25-14-. The first-order valence-corrected chi connectivity index (χ1v) is 9.25. The summed E-state index contributed by atoms with van der Waals surface area (Å²) >= 11 is 3.34. The number of halogens is 1. The average molecular weight is 434 g/mol. The highest BCUT2D eigenvalue weighted by molar-refractivity contribution is 9.10. The number of nitrogens with one attached hydrogen (secondary N) is 1. The van der Waals surface area contributed by atoms with Crippen LogP contribution < -0.4 is 10.2 Å². The molecule has 1 N–H and O–H groups in total. The maximum Gasteiger partial charge on any atom is 0.272 e. The van der Waals surface area contributed by atoms with Gasteiger partial charge in [0.1, 0.15) is 12.4 Å². The van der Waals surface area contributed by atoms with Gasteiger partial charge in [-0.2, -0.15) is 10.4 Å². The number of nitriles is 1. The molecule has 0 radical (unpaired) electrons. The van der Waals surface area contributed by atoms with Crippen molar-refractivity contribution in [3.05, 3.63) is 99.5 Å². The molecular formula is C22H16BrN3O2. The third-order valence-corrected chi connectivity index (χ3v) is 4.51. The first-order chi connectivity index (χ1) is 13.7. The lowest BCUT2D eigenvalue weighted by Gasteiger charge is -2.07. The lowest BCUT2D eigenvalue weighted by molar-refractivity contribution is 0.0954. The van der Waals surface area contributed by atoms with E-state index in [-0.39, 0.29) is 5.91 Å². The van der Waals surface area contributed by atoms with E-state index in [0.29, 0.717) is 28.0 Å². The molecule has 0 aliphatic heterocycles. The summed E-state index contributed by atoms with van der Waals surface area (Å²) in [4.78, 5) is 12.1. The van der Waals surface area contributed by atoms with Gasteiger partial charge < -0.3 is 4.74 Å². The summed E-state index contributed by atoms with van der Waals surface area (Å²) in [5.74, 6) is 0.372. The largest absolute Gasteiger partial charge is 0.489 e. The molecule has 5 nitrogen and oxygen atoms in total. The fraction of sp³-hybridized carbons (Fsp3) is 0.0455. The minimum absolute atomic E-state index is 0.298. The molecule has 3 aromatic rings. The van der Waals surface area contributed by atoms with Crippen LogP contribution in [-0.4, -0.2) is 12.1 Å². The molecule has 0 heterocycles. The van der Waals surface area contributed by atoms with Gasteiger partial charge in [-0.25, -0.2) is 5.43 Å². The van der Waals surface area contributed by atoms with Crippen LogP contribution in [0.3, 0.4) is 0 Å². The molecule has 1 amide bonds. The van der Waals surface area contributed by atoms with Crippen molar-refractivity contribution in [2.24, 2.45) is 5.10 Å². The summed E-state index contributed by atoms with van der Waals surface area (Å²) < 4.78 is 6.49. The van der Waals surface area contributed by atoms with Crippen molar-refractivity contribution in [1.82, 2.24) is 5.43 Å². The van der Waals surface area contributed by atoms with Crippen LogP contribution in [-0.2, 0) is 6.61 Å². The van der Waals surface area contributed by atoms with Crippen LogP contribution in [0.5, 0.6) is 5.75 Å². The SMILES string of the molecule is N#Cc1cccc(COc2cccc(/C=N\NC(=O)c3ccccc3Br)c2)c1. The van der Waals surface area contributed by atoms with Crippen molar-refractivity contribution in [1.29, 1.82) is 5.26 Å². The Morgan fingerprint density at radius 3 is 2.75 bits per heavy atom. The van der Waals surface area contributed by atoms with E-state index >= 15 is 0 Å². The molecule has 0 aromatic heterocycles. The molecular weight excluding hydrogens is 418 g/mol. The number of hydrogen-bond donors (Lipinski definition) is 1. The number of hydrogen-bond acceptors (Lipinski definition) is 4. The minimum atomic E-state index is -0.298. The lowest BCUT2D eigenvalue weighted by Crippen LogP contribution is -2.18. The summed E-state index contributed by atoms with van der Waals surface area (Å²) in [5, 5.41) is 13.0. The van der Waals surface area contributed by atoms with Crippen LogP contribution >= 0.6 is 15.9 Å². The molecule has 6 heteroatoms. The van der Waals surface area contributed by atoms with E-state index in [4.69, 9.17) is 10.00 Å². The van der Waals surface area contributed by atoms with E-state index in [0.717, 1.165) is 11.1 Å². The van der Waals surface area contributed by atoms with Crippen LogP contribution in [0.4, 0.5) is 0 Å². The molecule has 0 spiro atoms. The van der Waals surface area contributed by atoms with Crippen molar-refractivity contribution in [3.8, 4) is 11.8 Å². The molecule has 138 valence electrons. The van der Waals surface area contributed by atoms with Gasteiger partial charge in [-0.3, -0.25) is 4.79 Å². The second kappa shape index (κ2) is 9.49. The Labute approximate surface area is 171 Å². The smallest absolute Gasteiger partial charge is 0.272 e. The molecule has 3 rings (SSSR count). The van der Waals surface area contributed by atoms with Crippen LogP contribution in [0, 0.1) is 11.3 Å². The maximum absolute atomic E-state index is 12.1. The van der Waals surface area contributed by atoms with Crippen molar-refractivity contribution in [2.45, 2.75) is 6.61 Å². The predicted molar refractivity (Wildman–Crippen MR) is 111 cm³/mol. The molecule has 0 saturated heterocycles. The van der Waals surface area contributed by atoms with Gasteiger partial charge in [0.05, 0.1) is 23.4 Å². The predicted octanol–water partition coefficient (Wildman–Crippen LogP) is 4.66. The van der Waals surface area contributed by atoms with Crippen LogP contribution in [0.1, 0.15) is 27.0 Å². The second-order valence-electron chi connectivity index (χ2n) is 5.85. The summed E-state index contributed by atoms with van der Waals surface area (Å²) in [6, 6.07) is 23.9. The number of benzene rings is 3. The number of carbonyl (C=O) groups excluding carboxylic acids is 1. The van der Waals surface area contributed by atoms with Gasteiger partial charge in [0, 0.05) is 4.47 Å². The van der Waals surface area contributed by atoms with Crippen LogP contribution in [0.2, 0.25) is 0 Å². The number of hydrazone groups is 1. The Morgan fingerprint density at radius 1 is 1.11 bits per heavy atom. The third kappa shape index (κ3) is 5.29.